The Morgan fingerprint density at radius 1 is 1.33 bits per heavy atom. The monoisotopic (exact) mass is 389 g/mol. The zero-order chi connectivity index (χ0) is 18.1. The van der Waals surface area contributed by atoms with Crippen LogP contribution in [0.25, 0.3) is 0 Å². The maximum absolute atomic E-state index is 12.9. The average Bonchev–Trinajstić information content (AvgIpc) is 2.87. The van der Waals surface area contributed by atoms with E-state index in [-0.39, 0.29) is 16.7 Å². The third-order valence-electron chi connectivity index (χ3n) is 3.10. The quantitative estimate of drug-likeness (QED) is 0.589. The number of thioether (sulfide) groups is 1. The molecule has 6 nitrogen and oxygen atoms in total. The summed E-state index contributed by atoms with van der Waals surface area (Å²) in [4.78, 5) is 11.5. The molecule has 0 bridgehead atoms. The van der Waals surface area contributed by atoms with Crippen molar-refractivity contribution in [3.63, 3.8) is 0 Å². The Bertz CT molecular complexity index is 728. The number of aliphatic hydroxyl groups is 1. The average molecular weight is 389 g/mol. The van der Waals surface area contributed by atoms with E-state index in [1.165, 1.54) is 0 Å². The molecule has 1 aromatic rings. The molecule has 1 atom stereocenters. The van der Waals surface area contributed by atoms with Gasteiger partial charge >= 0.3 is 5.76 Å². The molecule has 1 heterocycles. The Kier molecular flexibility index (Phi) is 5.73. The summed E-state index contributed by atoms with van der Waals surface area (Å²) in [5, 5.41) is 8.96. The van der Waals surface area contributed by atoms with E-state index < -0.39 is 57.3 Å². The van der Waals surface area contributed by atoms with Crippen molar-refractivity contribution in [2.24, 2.45) is 0 Å². The summed E-state index contributed by atoms with van der Waals surface area (Å²) in [5.41, 5.74) is -0.421. The molecule has 134 valence electrons. The molecule has 0 aromatic heterocycles. The fourth-order valence-corrected chi connectivity index (χ4v) is 3.58. The lowest BCUT2D eigenvalue weighted by Gasteiger charge is -2.19. The Morgan fingerprint density at radius 2 is 2.00 bits per heavy atom. The molecule has 1 aliphatic heterocycles. The molecule has 1 aliphatic rings. The largest absolute Gasteiger partial charge is 0.393 e. The molecule has 2 rings (SSSR count). The Morgan fingerprint density at radius 3 is 2.50 bits per heavy atom. The minimum atomic E-state index is -5.15. The van der Waals surface area contributed by atoms with Crippen molar-refractivity contribution < 1.29 is 40.6 Å². The first kappa shape index (κ1) is 19.0. The van der Waals surface area contributed by atoms with Crippen molar-refractivity contribution in [1.29, 1.82) is 0 Å². The van der Waals surface area contributed by atoms with E-state index in [1.54, 1.807) is 0 Å². The highest BCUT2D eigenvalue weighted by atomic mass is 32.2. The molecule has 0 spiro atoms. The van der Waals surface area contributed by atoms with Gasteiger partial charge in [0.05, 0.1) is 17.2 Å². The molecule has 12 heteroatoms. The number of ether oxygens (including phenoxy) is 1. The fraction of sp³-hybridized carbons (Fsp3) is 0.417. The van der Waals surface area contributed by atoms with Gasteiger partial charge in [-0.3, -0.25) is 9.69 Å². The molecule has 0 saturated carbocycles. The Labute approximate surface area is 138 Å². The van der Waals surface area contributed by atoms with Gasteiger partial charge in [0, 0.05) is 4.90 Å². The lowest BCUT2D eigenvalue weighted by molar-refractivity contribution is -0.123. The number of alkyl halides is 4. The van der Waals surface area contributed by atoms with Gasteiger partial charge in [0.25, 0.3) is 11.7 Å². The highest BCUT2D eigenvalue weighted by molar-refractivity contribution is 7.99. The third-order valence-corrected chi connectivity index (χ3v) is 5.21. The summed E-state index contributed by atoms with van der Waals surface area (Å²) in [6.45, 7) is -1.14. The summed E-state index contributed by atoms with van der Waals surface area (Å²) in [5.74, 6) is -7.50. The number of halogens is 4. The van der Waals surface area contributed by atoms with E-state index in [4.69, 9.17) is 9.84 Å². The summed E-state index contributed by atoms with van der Waals surface area (Å²) in [7, 11) is -5.15. The maximum atomic E-state index is 12.9. The number of hydrogen-bond acceptors (Lipinski definition) is 6. The van der Waals surface area contributed by atoms with Crippen molar-refractivity contribution in [3.05, 3.63) is 18.2 Å². The predicted molar refractivity (Wildman–Crippen MR) is 75.8 cm³/mol. The second-order valence-electron chi connectivity index (χ2n) is 4.55. The van der Waals surface area contributed by atoms with Gasteiger partial charge in [0.2, 0.25) is 9.84 Å². The molecular formula is C12H11F4NO5S2. The van der Waals surface area contributed by atoms with Crippen LogP contribution in [0.1, 0.15) is 0 Å². The number of hydrogen-bond donors (Lipinski definition) is 1. The van der Waals surface area contributed by atoms with Gasteiger partial charge in [-0.1, -0.05) is 11.8 Å². The van der Waals surface area contributed by atoms with Crippen LogP contribution in [0.4, 0.5) is 23.2 Å². The topological polar surface area (TPSA) is 83.9 Å². The van der Waals surface area contributed by atoms with Gasteiger partial charge < -0.3 is 9.84 Å². The van der Waals surface area contributed by atoms with Gasteiger partial charge in [-0.15, -0.1) is 0 Å². The Hall–Kier alpha value is -1.37. The summed E-state index contributed by atoms with van der Waals surface area (Å²) < 4.78 is 79.2. The van der Waals surface area contributed by atoms with Crippen molar-refractivity contribution in [2.45, 2.75) is 27.4 Å². The smallest absolute Gasteiger partial charge is 0.341 e. The number of benzene rings is 1. The molecule has 1 N–H and O–H groups in total. The number of carbonyl (C=O) groups excluding carboxylic acids is 1. The van der Waals surface area contributed by atoms with Crippen LogP contribution in [-0.4, -0.2) is 50.4 Å². The van der Waals surface area contributed by atoms with E-state index in [1.807, 2.05) is 0 Å². The van der Waals surface area contributed by atoms with Crippen LogP contribution in [0.5, 0.6) is 0 Å². The number of nitrogens with zero attached hydrogens (tertiary/aromatic N) is 1. The van der Waals surface area contributed by atoms with Crippen molar-refractivity contribution >= 4 is 33.2 Å². The first-order valence-electron chi connectivity index (χ1n) is 6.33. The van der Waals surface area contributed by atoms with Crippen LogP contribution in [0.3, 0.4) is 0 Å². The van der Waals surface area contributed by atoms with Crippen LogP contribution < -0.4 is 4.90 Å². The lowest BCUT2D eigenvalue weighted by Crippen LogP contribution is -2.32. The van der Waals surface area contributed by atoms with Crippen LogP contribution in [0.2, 0.25) is 0 Å². The van der Waals surface area contributed by atoms with Gasteiger partial charge in [-0.05, 0) is 18.2 Å². The SMILES string of the molecule is O=C1C(CO)OCN1c1ccc(SC(F)F)cc1S(=O)(=O)C(F)F. The normalized spacial score (nSPS) is 18.9. The van der Waals surface area contributed by atoms with Gasteiger partial charge in [-0.25, -0.2) is 8.42 Å². The van der Waals surface area contributed by atoms with E-state index in [0.29, 0.717) is 6.07 Å². The summed E-state index contributed by atoms with van der Waals surface area (Å²) >= 11 is -0.0199. The first-order valence-corrected chi connectivity index (χ1v) is 8.75. The lowest BCUT2D eigenvalue weighted by atomic mass is 10.2. The highest BCUT2D eigenvalue weighted by Crippen LogP contribution is 2.36. The predicted octanol–water partition coefficient (Wildman–Crippen LogP) is 1.68. The van der Waals surface area contributed by atoms with Crippen molar-refractivity contribution in [1.82, 2.24) is 0 Å². The molecule has 1 amide bonds. The van der Waals surface area contributed by atoms with Crippen molar-refractivity contribution in [2.75, 3.05) is 18.2 Å². The minimum Gasteiger partial charge on any atom is -0.393 e. The Balaban J connectivity index is 2.53. The number of amides is 1. The zero-order valence-corrected chi connectivity index (χ0v) is 13.4. The molecule has 0 aliphatic carbocycles. The van der Waals surface area contributed by atoms with Gasteiger partial charge in [-0.2, -0.15) is 17.6 Å². The number of rotatable bonds is 6. The van der Waals surface area contributed by atoms with Crippen LogP contribution in [0.15, 0.2) is 28.0 Å². The van der Waals surface area contributed by atoms with Gasteiger partial charge in [0.1, 0.15) is 6.73 Å². The van der Waals surface area contributed by atoms with Crippen LogP contribution in [0, 0.1) is 0 Å². The molecule has 1 unspecified atom stereocenters. The maximum Gasteiger partial charge on any atom is 0.341 e. The van der Waals surface area contributed by atoms with Gasteiger partial charge in [0.15, 0.2) is 6.10 Å². The zero-order valence-electron chi connectivity index (χ0n) is 11.7. The second kappa shape index (κ2) is 7.25. The molecular weight excluding hydrogens is 378 g/mol. The molecule has 0 radical (unpaired) electrons. The standard InChI is InChI=1S/C12H11F4NO5S2/c13-11(14)23-6-1-2-7(9(3-6)24(20,21)12(15)16)17-5-22-8(4-18)10(17)19/h1-3,8,11-12,18H,4-5H2. The number of sulfone groups is 1. The van der Waals surface area contributed by atoms with Crippen molar-refractivity contribution in [3.8, 4) is 0 Å². The molecule has 1 fully saturated rings. The number of anilines is 1. The van der Waals surface area contributed by atoms with Crippen LogP contribution >= 0.6 is 11.8 Å². The summed E-state index contributed by atoms with van der Waals surface area (Å²) in [6, 6.07) is 2.71. The minimum absolute atomic E-state index is 0.0199. The first-order chi connectivity index (χ1) is 11.2. The summed E-state index contributed by atoms with van der Waals surface area (Å²) in [6.07, 6.45) is -1.25. The van der Waals surface area contributed by atoms with E-state index in [0.717, 1.165) is 17.0 Å². The third kappa shape index (κ3) is 3.66. The molecule has 1 saturated heterocycles. The highest BCUT2D eigenvalue weighted by Gasteiger charge is 2.38. The van der Waals surface area contributed by atoms with E-state index in [9.17, 15) is 30.8 Å². The van der Waals surface area contributed by atoms with Crippen LogP contribution in [-0.2, 0) is 19.4 Å². The molecule has 1 aromatic carbocycles. The number of aliphatic hydroxyl groups excluding tert-OH is 1. The van der Waals surface area contributed by atoms with E-state index >= 15 is 0 Å². The number of carbonyl (C=O) groups is 1. The van der Waals surface area contributed by atoms with E-state index in [2.05, 4.69) is 0 Å². The second-order valence-corrected chi connectivity index (χ2v) is 7.50. The molecule has 24 heavy (non-hydrogen) atoms. The fourth-order valence-electron chi connectivity index (χ4n) is 2.01.